The van der Waals surface area contributed by atoms with Gasteiger partial charge in [0.15, 0.2) is 5.65 Å². The maximum absolute atomic E-state index is 4.14. The molecule has 0 bridgehead atoms. The van der Waals surface area contributed by atoms with E-state index in [9.17, 15) is 0 Å². The average Bonchev–Trinajstić information content (AvgIpc) is 3.68. The summed E-state index contributed by atoms with van der Waals surface area (Å²) in [6.45, 7) is 0. The van der Waals surface area contributed by atoms with Crippen LogP contribution in [0.4, 0.5) is 0 Å². The van der Waals surface area contributed by atoms with Crippen molar-refractivity contribution < 1.29 is 0 Å². The first-order valence-corrected chi connectivity index (χ1v) is 12.4. The predicted octanol–water partition coefficient (Wildman–Crippen LogP) is 5.91. The molecule has 0 aliphatic heterocycles. The van der Waals surface area contributed by atoms with Gasteiger partial charge in [-0.15, -0.1) is 11.3 Å². The Morgan fingerprint density at radius 1 is 0.526 bits per heavy atom. The molecule has 0 atom stereocenters. The number of aromatic nitrogens is 9. The lowest BCUT2D eigenvalue weighted by Gasteiger charge is -1.90. The molecule has 1 N–H and O–H groups in total. The number of hydrogen-bond acceptors (Lipinski definition) is 9. The molecule has 0 unspecified atom stereocenters. The molecule has 5 heterocycles. The van der Waals surface area contributed by atoms with Gasteiger partial charge in [-0.3, -0.25) is 9.97 Å². The van der Waals surface area contributed by atoms with Crippen LogP contribution >= 0.6 is 11.3 Å². The van der Waals surface area contributed by atoms with Crippen molar-refractivity contribution in [3.05, 3.63) is 122 Å². The summed E-state index contributed by atoms with van der Waals surface area (Å²) in [6.07, 6.45) is 11.4. The Morgan fingerprint density at radius 2 is 1.16 bits per heavy atom. The molecule has 0 aliphatic carbocycles. The summed E-state index contributed by atoms with van der Waals surface area (Å²) >= 11 is 1.68. The molecule has 10 heteroatoms. The van der Waals surface area contributed by atoms with Crippen LogP contribution < -0.4 is 0 Å². The van der Waals surface area contributed by atoms with E-state index in [0.29, 0.717) is 5.65 Å². The molecule has 8 rings (SSSR count). The summed E-state index contributed by atoms with van der Waals surface area (Å²) in [4.78, 5) is 35.1. The Labute approximate surface area is 221 Å². The standard InChI is InChI=1S/C8H6N2.C7H6N2.C7H5NS.C6H4N4/c1-2-4-8-7(3-1)9-5-6-10-8;2*1-2-4-7-6(3-1)8-5-9-7;1-2-9-6-5(8-1)3-7-4-10-6/h1-6H;1-5H,(H,8,9);1-5H;1-4H. The zero-order valence-corrected chi connectivity index (χ0v) is 20.8. The van der Waals surface area contributed by atoms with Crippen molar-refractivity contribution in [3.63, 3.8) is 0 Å². The van der Waals surface area contributed by atoms with E-state index in [1.807, 2.05) is 72.2 Å². The number of hydrogen-bond donors (Lipinski definition) is 1. The van der Waals surface area contributed by atoms with E-state index in [2.05, 4.69) is 50.9 Å². The number of benzene rings is 3. The van der Waals surface area contributed by atoms with Crippen LogP contribution in [0.1, 0.15) is 0 Å². The van der Waals surface area contributed by atoms with Gasteiger partial charge in [0.25, 0.3) is 0 Å². The average molecular weight is 516 g/mol. The van der Waals surface area contributed by atoms with E-state index in [0.717, 1.165) is 33.1 Å². The summed E-state index contributed by atoms with van der Waals surface area (Å²) < 4.78 is 1.26. The second-order valence-electron chi connectivity index (χ2n) is 7.57. The van der Waals surface area contributed by atoms with Gasteiger partial charge in [0.05, 0.1) is 50.3 Å². The highest BCUT2D eigenvalue weighted by Gasteiger charge is 1.92. The van der Waals surface area contributed by atoms with Gasteiger partial charge >= 0.3 is 0 Å². The van der Waals surface area contributed by atoms with E-state index in [-0.39, 0.29) is 0 Å². The zero-order chi connectivity index (χ0) is 25.8. The molecule has 0 fully saturated rings. The Bertz CT molecular complexity index is 1540. The van der Waals surface area contributed by atoms with Gasteiger partial charge < -0.3 is 4.98 Å². The van der Waals surface area contributed by atoms with E-state index < -0.39 is 0 Å². The number of para-hydroxylation sites is 5. The van der Waals surface area contributed by atoms with E-state index >= 15 is 0 Å². The lowest BCUT2D eigenvalue weighted by Crippen LogP contribution is -1.85. The van der Waals surface area contributed by atoms with Crippen molar-refractivity contribution in [3.8, 4) is 0 Å². The van der Waals surface area contributed by atoms with Crippen LogP contribution in [-0.4, -0.2) is 44.9 Å². The van der Waals surface area contributed by atoms with Crippen molar-refractivity contribution >= 4 is 54.8 Å². The second kappa shape index (κ2) is 12.7. The van der Waals surface area contributed by atoms with Crippen LogP contribution in [0.5, 0.6) is 0 Å². The third kappa shape index (κ3) is 6.50. The van der Waals surface area contributed by atoms with Crippen molar-refractivity contribution in [2.24, 2.45) is 0 Å². The number of H-pyrrole nitrogens is 1. The number of nitrogens with zero attached hydrogens (tertiary/aromatic N) is 8. The minimum atomic E-state index is 0.637. The van der Waals surface area contributed by atoms with Crippen LogP contribution in [0, 0.1) is 0 Å². The highest BCUT2D eigenvalue weighted by Crippen LogP contribution is 2.15. The van der Waals surface area contributed by atoms with Crippen LogP contribution in [0.3, 0.4) is 0 Å². The molecular formula is C28H21N9S. The topological polar surface area (TPSA) is 119 Å². The fourth-order valence-electron chi connectivity index (χ4n) is 3.32. The molecule has 184 valence electrons. The van der Waals surface area contributed by atoms with Gasteiger partial charge in [-0.05, 0) is 36.4 Å². The summed E-state index contributed by atoms with van der Waals surface area (Å²) in [5, 5.41) is 0. The van der Waals surface area contributed by atoms with Gasteiger partial charge in [0.2, 0.25) is 0 Å². The van der Waals surface area contributed by atoms with E-state index in [1.165, 1.54) is 11.0 Å². The summed E-state index contributed by atoms with van der Waals surface area (Å²) in [5.41, 5.74) is 8.35. The molecule has 0 aliphatic rings. The predicted molar refractivity (Wildman–Crippen MR) is 150 cm³/mol. The molecule has 0 radical (unpaired) electrons. The van der Waals surface area contributed by atoms with Crippen LogP contribution in [0.25, 0.3) is 43.4 Å². The lowest BCUT2D eigenvalue weighted by atomic mass is 10.3. The molecule has 9 nitrogen and oxygen atoms in total. The van der Waals surface area contributed by atoms with Crippen molar-refractivity contribution in [2.75, 3.05) is 0 Å². The number of fused-ring (bicyclic) bond motifs is 4. The number of thiazole rings is 1. The fourth-order valence-corrected chi connectivity index (χ4v) is 4.00. The SMILES string of the molecule is c1ccc2[nH]cnc2c1.c1ccc2nccnc2c1.c1ccc2scnc2c1.c1cnc2ncncc2n1. The number of rotatable bonds is 0. The molecule has 0 amide bonds. The molecule has 0 saturated heterocycles. The van der Waals surface area contributed by atoms with E-state index in [4.69, 9.17) is 0 Å². The molecule has 0 spiro atoms. The largest absolute Gasteiger partial charge is 0.345 e. The minimum absolute atomic E-state index is 0.637. The lowest BCUT2D eigenvalue weighted by molar-refractivity contribution is 1.15. The van der Waals surface area contributed by atoms with Crippen molar-refractivity contribution in [1.29, 1.82) is 0 Å². The smallest absolute Gasteiger partial charge is 0.181 e. The Morgan fingerprint density at radius 3 is 1.87 bits per heavy atom. The van der Waals surface area contributed by atoms with Crippen LogP contribution in [-0.2, 0) is 0 Å². The maximum atomic E-state index is 4.14. The highest BCUT2D eigenvalue weighted by atomic mass is 32.1. The third-order valence-corrected chi connectivity index (χ3v) is 5.90. The molecule has 3 aromatic carbocycles. The number of nitrogens with one attached hydrogen (secondary N) is 1. The normalized spacial score (nSPS) is 10.1. The molecule has 0 saturated carbocycles. The van der Waals surface area contributed by atoms with Crippen molar-refractivity contribution in [1.82, 2.24) is 44.9 Å². The number of imidazole rings is 1. The Kier molecular flexibility index (Phi) is 8.15. The third-order valence-electron chi connectivity index (χ3n) is 5.09. The van der Waals surface area contributed by atoms with Gasteiger partial charge in [-0.2, -0.15) is 0 Å². The first kappa shape index (κ1) is 24.5. The first-order chi connectivity index (χ1) is 18.9. The number of aromatic amines is 1. The van der Waals surface area contributed by atoms with Crippen LogP contribution in [0.15, 0.2) is 122 Å². The quantitative estimate of drug-likeness (QED) is 0.265. The first-order valence-electron chi connectivity index (χ1n) is 11.6. The highest BCUT2D eigenvalue weighted by molar-refractivity contribution is 7.16. The Hall–Kier alpha value is -5.22. The molecule has 38 heavy (non-hydrogen) atoms. The zero-order valence-electron chi connectivity index (χ0n) is 20.0. The summed E-state index contributed by atoms with van der Waals surface area (Å²) in [7, 11) is 0. The maximum Gasteiger partial charge on any atom is 0.181 e. The van der Waals surface area contributed by atoms with Crippen LogP contribution in [0.2, 0.25) is 0 Å². The van der Waals surface area contributed by atoms with Gasteiger partial charge in [-0.1, -0.05) is 36.4 Å². The monoisotopic (exact) mass is 515 g/mol. The summed E-state index contributed by atoms with van der Waals surface area (Å²) in [5.74, 6) is 0. The molecule has 5 aromatic heterocycles. The van der Waals surface area contributed by atoms with Crippen molar-refractivity contribution in [2.45, 2.75) is 0 Å². The van der Waals surface area contributed by atoms with E-state index in [1.54, 1.807) is 48.6 Å². The molecule has 8 aromatic rings. The van der Waals surface area contributed by atoms with Gasteiger partial charge in [0.1, 0.15) is 11.8 Å². The second-order valence-corrected chi connectivity index (χ2v) is 8.46. The Balaban J connectivity index is 0.000000103. The fraction of sp³-hybridized carbons (Fsp3) is 0. The van der Waals surface area contributed by atoms with Gasteiger partial charge in [0, 0.05) is 24.8 Å². The molecular weight excluding hydrogens is 494 g/mol. The van der Waals surface area contributed by atoms with Gasteiger partial charge in [-0.25, -0.2) is 29.9 Å². The summed E-state index contributed by atoms with van der Waals surface area (Å²) in [6, 6.07) is 23.9. The minimum Gasteiger partial charge on any atom is -0.345 e.